The number of nitrogens with two attached hydrogens (primary N) is 1. The number of phenols is 1. The van der Waals surface area contributed by atoms with Gasteiger partial charge in [-0.2, -0.15) is 0 Å². The highest BCUT2D eigenvalue weighted by atomic mass is 16.5. The first-order valence-electron chi connectivity index (χ1n) is 8.54. The molecule has 2 aliphatic rings. The van der Waals surface area contributed by atoms with Crippen LogP contribution in [-0.4, -0.2) is 70.7 Å². The van der Waals surface area contributed by atoms with Gasteiger partial charge in [-0.3, -0.25) is 9.69 Å². The van der Waals surface area contributed by atoms with E-state index in [4.69, 9.17) is 15.6 Å². The number of benzene rings is 1. The third-order valence-electron chi connectivity index (χ3n) is 5.26. The molecule has 2 fully saturated rings. The summed E-state index contributed by atoms with van der Waals surface area (Å²) in [6, 6.07) is 3.32. The molecule has 1 aromatic carbocycles. The third kappa shape index (κ3) is 3.36. The van der Waals surface area contributed by atoms with Crippen LogP contribution in [0.15, 0.2) is 12.1 Å². The van der Waals surface area contributed by atoms with Gasteiger partial charge in [0, 0.05) is 19.6 Å². The van der Waals surface area contributed by atoms with Gasteiger partial charge in [-0.15, -0.1) is 0 Å². The average Bonchev–Trinajstić information content (AvgIpc) is 3.22. The Labute approximate surface area is 151 Å². The fourth-order valence-corrected chi connectivity index (χ4v) is 3.26. The third-order valence-corrected chi connectivity index (χ3v) is 5.26. The Morgan fingerprint density at radius 1 is 1.42 bits per heavy atom. The summed E-state index contributed by atoms with van der Waals surface area (Å²) >= 11 is 0. The number of hydrogen-bond acceptors (Lipinski definition) is 6. The van der Waals surface area contributed by atoms with Crippen LogP contribution < -0.4 is 10.5 Å². The Kier molecular flexibility index (Phi) is 4.40. The number of carbonyl (C=O) groups is 2. The predicted octanol–water partition coefficient (Wildman–Crippen LogP) is 0.0390. The van der Waals surface area contributed by atoms with Gasteiger partial charge in [-0.25, -0.2) is 4.79 Å². The highest BCUT2D eigenvalue weighted by molar-refractivity contribution is 6.54. The van der Waals surface area contributed by atoms with E-state index in [0.717, 1.165) is 13.6 Å². The molecule has 2 aliphatic heterocycles. The molecule has 0 aliphatic carbocycles. The first kappa shape index (κ1) is 18.5. The van der Waals surface area contributed by atoms with Gasteiger partial charge < -0.3 is 25.8 Å². The number of nitrogens with zero attached hydrogens (tertiary/aromatic N) is 1. The number of ether oxygens (including phenoxy) is 1. The number of likely N-dealkylation sites (tertiary alicyclic amines) is 1. The minimum absolute atomic E-state index is 0.126. The molecule has 9 heteroatoms. The molecule has 0 amide bonds. The van der Waals surface area contributed by atoms with E-state index in [1.165, 1.54) is 6.92 Å². The van der Waals surface area contributed by atoms with Crippen molar-refractivity contribution in [2.24, 2.45) is 5.73 Å². The van der Waals surface area contributed by atoms with Crippen LogP contribution in [0.25, 0.3) is 0 Å². The second-order valence-corrected chi connectivity index (χ2v) is 7.86. The number of hydrogen-bond donors (Lipinski definition) is 4. The van der Waals surface area contributed by atoms with Gasteiger partial charge in [0.25, 0.3) is 0 Å². The van der Waals surface area contributed by atoms with Crippen LogP contribution >= 0.6 is 0 Å². The van der Waals surface area contributed by atoms with E-state index in [-0.39, 0.29) is 35.0 Å². The van der Waals surface area contributed by atoms with Gasteiger partial charge in [0.05, 0.1) is 0 Å². The number of carboxylic acid groups (broad SMARTS) is 2. The molecule has 0 bridgehead atoms. The summed E-state index contributed by atoms with van der Waals surface area (Å²) in [6.45, 7) is 4.50. The van der Waals surface area contributed by atoms with Gasteiger partial charge in [0.15, 0.2) is 0 Å². The van der Waals surface area contributed by atoms with Gasteiger partial charge >= 0.3 is 11.9 Å². The predicted molar refractivity (Wildman–Crippen MR) is 95.5 cm³/mol. The molecule has 2 saturated heterocycles. The number of aromatic hydroxyl groups is 1. The van der Waals surface area contributed by atoms with Crippen LogP contribution in [-0.2, 0) is 10.1 Å². The number of rotatable bonds is 7. The van der Waals surface area contributed by atoms with E-state index in [0.29, 0.717) is 18.7 Å². The topological polar surface area (TPSA) is 133 Å². The number of carboxylic acids is 2. The average molecular weight is 362 g/mol. The van der Waals surface area contributed by atoms with E-state index < -0.39 is 17.5 Å². The van der Waals surface area contributed by atoms with E-state index >= 15 is 0 Å². The molecule has 8 nitrogen and oxygen atoms in total. The molecule has 26 heavy (non-hydrogen) atoms. The largest absolute Gasteiger partial charge is 0.507 e. The van der Waals surface area contributed by atoms with E-state index in [2.05, 4.69) is 0 Å². The molecular formula is C17H23BN2O6. The zero-order valence-corrected chi connectivity index (χ0v) is 14.9. The summed E-state index contributed by atoms with van der Waals surface area (Å²) in [5.41, 5.74) is 4.79. The van der Waals surface area contributed by atoms with Crippen LogP contribution in [0, 0.1) is 0 Å². The summed E-state index contributed by atoms with van der Waals surface area (Å²) in [5.74, 6) is -2.42. The Morgan fingerprint density at radius 3 is 2.54 bits per heavy atom. The lowest BCUT2D eigenvalue weighted by Crippen LogP contribution is -2.62. The summed E-state index contributed by atoms with van der Waals surface area (Å²) in [7, 11) is 0.916. The molecule has 5 N–H and O–H groups in total. The molecular weight excluding hydrogens is 339 g/mol. The Morgan fingerprint density at radius 2 is 2.04 bits per heavy atom. The molecule has 2 atom stereocenters. The van der Waals surface area contributed by atoms with Crippen molar-refractivity contribution in [3.63, 3.8) is 0 Å². The van der Waals surface area contributed by atoms with Crippen molar-refractivity contribution in [3.8, 4) is 11.5 Å². The summed E-state index contributed by atoms with van der Waals surface area (Å²) < 4.78 is 5.75. The zero-order chi connectivity index (χ0) is 19.3. The molecule has 140 valence electrons. The van der Waals surface area contributed by atoms with Crippen molar-refractivity contribution < 1.29 is 29.6 Å². The lowest BCUT2D eigenvalue weighted by atomic mass is 9.81. The standard InChI is InChI=1S/C17H23BN2O6/c1-16(7-18-16)10-3-4-11(12(13(10)21)14(22)23)26-9-5-20(6-9)8-17(2,19)15(24)25/h3-4,9,18,21H,5-8,19H2,1-2H3,(H,22,23)(H,24,25)/t16-,17+/m0/s1. The highest BCUT2D eigenvalue weighted by Crippen LogP contribution is 2.47. The summed E-state index contributed by atoms with van der Waals surface area (Å²) in [5, 5.41) is 28.8. The van der Waals surface area contributed by atoms with Crippen molar-refractivity contribution in [3.05, 3.63) is 23.3 Å². The molecule has 3 rings (SSSR count). The maximum Gasteiger partial charge on any atom is 0.343 e. The zero-order valence-electron chi connectivity index (χ0n) is 14.9. The monoisotopic (exact) mass is 362 g/mol. The fraction of sp³-hybridized carbons (Fsp3) is 0.529. The van der Waals surface area contributed by atoms with E-state index in [9.17, 15) is 19.8 Å². The SMILES string of the molecule is C[C@]1(c2ccc(OC3CN(C[C@@](C)(N)C(=O)O)C3)c(C(=O)O)c2O)BC1. The fourth-order valence-electron chi connectivity index (χ4n) is 3.26. The smallest absolute Gasteiger partial charge is 0.343 e. The number of aliphatic carboxylic acids is 1. The Bertz CT molecular complexity index is 756. The summed E-state index contributed by atoms with van der Waals surface area (Å²) in [4.78, 5) is 24.5. The maximum absolute atomic E-state index is 11.6. The van der Waals surface area contributed by atoms with Gasteiger partial charge in [-0.1, -0.05) is 19.3 Å². The first-order valence-corrected chi connectivity index (χ1v) is 8.54. The molecule has 0 spiro atoms. The minimum Gasteiger partial charge on any atom is -0.507 e. The van der Waals surface area contributed by atoms with Crippen LogP contribution in [0.2, 0.25) is 6.32 Å². The molecule has 0 radical (unpaired) electrons. The molecule has 0 aromatic heterocycles. The van der Waals surface area contributed by atoms with Crippen LogP contribution in [0.3, 0.4) is 0 Å². The molecule has 0 unspecified atom stereocenters. The number of aromatic carboxylic acids is 1. The van der Waals surface area contributed by atoms with Gasteiger partial charge in [0.1, 0.15) is 36.0 Å². The maximum atomic E-state index is 11.6. The van der Waals surface area contributed by atoms with E-state index in [1.807, 2.05) is 11.8 Å². The second kappa shape index (κ2) is 6.17. The quantitative estimate of drug-likeness (QED) is 0.500. The summed E-state index contributed by atoms with van der Waals surface area (Å²) in [6.07, 6.45) is 0.637. The Balaban J connectivity index is 1.69. The van der Waals surface area contributed by atoms with Crippen LogP contribution in [0.1, 0.15) is 29.8 Å². The molecule has 2 heterocycles. The highest BCUT2D eigenvalue weighted by Gasteiger charge is 2.44. The van der Waals surface area contributed by atoms with Crippen LogP contribution in [0.5, 0.6) is 11.5 Å². The van der Waals surface area contributed by atoms with Gasteiger partial charge in [-0.05, 0) is 23.9 Å². The van der Waals surface area contributed by atoms with E-state index in [1.54, 1.807) is 12.1 Å². The van der Waals surface area contributed by atoms with Crippen molar-refractivity contribution in [2.45, 2.75) is 37.1 Å². The van der Waals surface area contributed by atoms with Crippen LogP contribution in [0.4, 0.5) is 0 Å². The molecule has 0 saturated carbocycles. The van der Waals surface area contributed by atoms with Crippen molar-refractivity contribution in [1.82, 2.24) is 4.90 Å². The first-order chi connectivity index (χ1) is 12.0. The van der Waals surface area contributed by atoms with Crippen molar-refractivity contribution >= 4 is 19.2 Å². The molecule has 1 aromatic rings. The van der Waals surface area contributed by atoms with Gasteiger partial charge in [0.2, 0.25) is 0 Å². The Hall–Kier alpha value is -2.26. The lowest BCUT2D eigenvalue weighted by molar-refractivity contribution is -0.144. The van der Waals surface area contributed by atoms with Crippen molar-refractivity contribution in [2.75, 3.05) is 19.6 Å². The lowest BCUT2D eigenvalue weighted by Gasteiger charge is -2.41. The van der Waals surface area contributed by atoms with Crippen molar-refractivity contribution in [1.29, 1.82) is 0 Å². The second-order valence-electron chi connectivity index (χ2n) is 7.86. The minimum atomic E-state index is -1.35. The normalized spacial score (nSPS) is 24.9.